The molecule has 1 aromatic heterocycles. The number of H-pyrrole nitrogens is 1. The van der Waals surface area contributed by atoms with Crippen LogP contribution in [-0.4, -0.2) is 47.0 Å². The highest BCUT2D eigenvalue weighted by atomic mass is 16.5. The van der Waals surface area contributed by atoms with E-state index in [4.69, 9.17) is 9.72 Å². The van der Waals surface area contributed by atoms with Crippen molar-refractivity contribution in [1.82, 2.24) is 14.9 Å². The summed E-state index contributed by atoms with van der Waals surface area (Å²) in [5.74, 6) is 1.45. The highest BCUT2D eigenvalue weighted by molar-refractivity contribution is 5.73. The summed E-state index contributed by atoms with van der Waals surface area (Å²) in [6.45, 7) is 4.66. The number of ether oxygens (including phenoxy) is 1. The lowest BCUT2D eigenvalue weighted by atomic mass is 10.1. The number of carbonyl (C=O) groups is 1. The number of carbonyl (C=O) groups excluding carboxylic acids is 1. The van der Waals surface area contributed by atoms with Gasteiger partial charge in [0.25, 0.3) is 5.56 Å². The second-order valence-electron chi connectivity index (χ2n) is 6.73. The van der Waals surface area contributed by atoms with Gasteiger partial charge in [-0.15, -0.1) is 0 Å². The van der Waals surface area contributed by atoms with Gasteiger partial charge in [0, 0.05) is 45.1 Å². The van der Waals surface area contributed by atoms with Gasteiger partial charge in [-0.2, -0.15) is 0 Å². The first kappa shape index (κ1) is 16.6. The lowest BCUT2D eigenvalue weighted by Gasteiger charge is -2.22. The molecule has 1 amide bonds. The van der Waals surface area contributed by atoms with Crippen molar-refractivity contribution in [2.75, 3.05) is 31.1 Å². The van der Waals surface area contributed by atoms with Crippen molar-refractivity contribution >= 4 is 11.9 Å². The molecule has 7 heteroatoms. The van der Waals surface area contributed by atoms with Gasteiger partial charge in [0.05, 0.1) is 5.69 Å². The van der Waals surface area contributed by atoms with E-state index in [9.17, 15) is 9.59 Å². The van der Waals surface area contributed by atoms with Crippen molar-refractivity contribution in [3.8, 4) is 5.75 Å². The zero-order valence-electron chi connectivity index (χ0n) is 14.8. The molecule has 4 rings (SSSR count). The number of benzene rings is 1. The van der Waals surface area contributed by atoms with Gasteiger partial charge in [-0.05, 0) is 18.1 Å². The van der Waals surface area contributed by atoms with Gasteiger partial charge in [-0.1, -0.05) is 18.2 Å². The van der Waals surface area contributed by atoms with Crippen LogP contribution >= 0.6 is 0 Å². The molecule has 0 bridgehead atoms. The molecule has 136 valence electrons. The predicted molar refractivity (Wildman–Crippen MR) is 97.5 cm³/mol. The molecule has 1 saturated heterocycles. The molecule has 0 spiro atoms. The quantitative estimate of drug-likeness (QED) is 0.835. The SMILES string of the molecule is CC(=O)N1CCCN(c2nc3c(c(=O)[nH]2)Cc2ccccc2OC3)CC1. The number of hydrogen-bond acceptors (Lipinski definition) is 5. The third-order valence-corrected chi connectivity index (χ3v) is 5.03. The number of rotatable bonds is 1. The van der Waals surface area contributed by atoms with Gasteiger partial charge >= 0.3 is 0 Å². The van der Waals surface area contributed by atoms with Crippen molar-refractivity contribution in [3.63, 3.8) is 0 Å². The Bertz CT molecular complexity index is 893. The van der Waals surface area contributed by atoms with E-state index in [1.54, 1.807) is 6.92 Å². The maximum absolute atomic E-state index is 12.7. The molecule has 1 fully saturated rings. The third kappa shape index (κ3) is 3.16. The summed E-state index contributed by atoms with van der Waals surface area (Å²) in [6.07, 6.45) is 1.37. The summed E-state index contributed by atoms with van der Waals surface area (Å²) in [4.78, 5) is 35.8. The molecular formula is C19H22N4O3. The Morgan fingerprint density at radius 2 is 2.04 bits per heavy atom. The zero-order chi connectivity index (χ0) is 18.1. The summed E-state index contributed by atoms with van der Waals surface area (Å²) in [6, 6.07) is 7.77. The standard InChI is InChI=1S/C19H22N4O3/c1-13(24)22-7-4-8-23(10-9-22)19-20-16-12-26-17-6-3-2-5-14(17)11-15(16)18(25)21-19/h2-3,5-6H,4,7-12H2,1H3,(H,20,21,25). The van der Waals surface area contributed by atoms with Crippen LogP contribution in [0.4, 0.5) is 5.95 Å². The van der Waals surface area contributed by atoms with Crippen molar-refractivity contribution in [3.05, 3.63) is 51.4 Å². The zero-order valence-corrected chi connectivity index (χ0v) is 14.8. The molecule has 0 atom stereocenters. The fourth-order valence-electron chi connectivity index (χ4n) is 3.55. The number of aromatic nitrogens is 2. The number of amides is 1. The monoisotopic (exact) mass is 354 g/mol. The normalized spacial score (nSPS) is 16.8. The number of aromatic amines is 1. The lowest BCUT2D eigenvalue weighted by Crippen LogP contribution is -2.35. The minimum atomic E-state index is -0.113. The topological polar surface area (TPSA) is 78.5 Å². The third-order valence-electron chi connectivity index (χ3n) is 5.03. The molecule has 2 aromatic rings. The molecule has 2 aliphatic rings. The first-order valence-electron chi connectivity index (χ1n) is 8.95. The molecular weight excluding hydrogens is 332 g/mol. The van der Waals surface area contributed by atoms with Crippen molar-refractivity contribution in [2.24, 2.45) is 0 Å². The summed E-state index contributed by atoms with van der Waals surface area (Å²) < 4.78 is 5.86. The average Bonchev–Trinajstić information content (AvgIpc) is 2.98. The highest BCUT2D eigenvalue weighted by Gasteiger charge is 2.22. The molecule has 0 aliphatic carbocycles. The van der Waals surface area contributed by atoms with Crippen molar-refractivity contribution in [2.45, 2.75) is 26.4 Å². The lowest BCUT2D eigenvalue weighted by molar-refractivity contribution is -0.128. The Balaban J connectivity index is 1.62. The molecule has 26 heavy (non-hydrogen) atoms. The van der Waals surface area contributed by atoms with Gasteiger partial charge in [0.1, 0.15) is 12.4 Å². The Hall–Kier alpha value is -2.83. The van der Waals surface area contributed by atoms with Crippen LogP contribution in [-0.2, 0) is 17.8 Å². The number of fused-ring (bicyclic) bond motifs is 2. The first-order valence-corrected chi connectivity index (χ1v) is 8.95. The Kier molecular flexibility index (Phi) is 4.36. The van der Waals surface area contributed by atoms with Crippen LogP contribution in [0.5, 0.6) is 5.75 Å². The fraction of sp³-hybridized carbons (Fsp3) is 0.421. The van der Waals surface area contributed by atoms with E-state index >= 15 is 0 Å². The summed E-state index contributed by atoms with van der Waals surface area (Å²) in [5.41, 5.74) is 2.24. The van der Waals surface area contributed by atoms with Crippen LogP contribution in [0.3, 0.4) is 0 Å². The van der Waals surface area contributed by atoms with Crippen LogP contribution in [0.25, 0.3) is 0 Å². The number of nitrogens with zero attached hydrogens (tertiary/aromatic N) is 3. The van der Waals surface area contributed by atoms with Crippen LogP contribution in [0.2, 0.25) is 0 Å². The van der Waals surface area contributed by atoms with Crippen LogP contribution < -0.4 is 15.2 Å². The highest BCUT2D eigenvalue weighted by Crippen LogP contribution is 2.26. The maximum Gasteiger partial charge on any atom is 0.256 e. The van der Waals surface area contributed by atoms with Crippen LogP contribution in [0, 0.1) is 0 Å². The van der Waals surface area contributed by atoms with E-state index in [0.29, 0.717) is 36.7 Å². The second-order valence-corrected chi connectivity index (χ2v) is 6.73. The minimum absolute atomic E-state index is 0.0846. The summed E-state index contributed by atoms with van der Waals surface area (Å²) >= 11 is 0. The van der Waals surface area contributed by atoms with E-state index < -0.39 is 0 Å². The fourth-order valence-corrected chi connectivity index (χ4v) is 3.55. The number of anilines is 1. The molecule has 1 aromatic carbocycles. The Morgan fingerprint density at radius 3 is 2.88 bits per heavy atom. The Labute approximate surface area is 151 Å². The average molecular weight is 354 g/mol. The van der Waals surface area contributed by atoms with E-state index in [2.05, 4.69) is 4.98 Å². The summed E-state index contributed by atoms with van der Waals surface area (Å²) in [7, 11) is 0. The summed E-state index contributed by atoms with van der Waals surface area (Å²) in [5, 5.41) is 0. The van der Waals surface area contributed by atoms with Crippen LogP contribution in [0.1, 0.15) is 30.2 Å². The van der Waals surface area contributed by atoms with Crippen molar-refractivity contribution in [1.29, 1.82) is 0 Å². The minimum Gasteiger partial charge on any atom is -0.487 e. The van der Waals surface area contributed by atoms with E-state index in [-0.39, 0.29) is 18.1 Å². The number of hydrogen-bond donors (Lipinski definition) is 1. The predicted octanol–water partition coefficient (Wildman–Crippen LogP) is 1.31. The molecule has 1 N–H and O–H groups in total. The largest absolute Gasteiger partial charge is 0.487 e. The molecule has 0 radical (unpaired) electrons. The second kappa shape index (κ2) is 6.82. The van der Waals surface area contributed by atoms with Gasteiger partial charge < -0.3 is 14.5 Å². The van der Waals surface area contributed by atoms with Crippen molar-refractivity contribution < 1.29 is 9.53 Å². The molecule has 3 heterocycles. The van der Waals surface area contributed by atoms with E-state index in [1.165, 1.54) is 0 Å². The van der Waals surface area contributed by atoms with Gasteiger partial charge in [0.2, 0.25) is 11.9 Å². The number of nitrogens with one attached hydrogen (secondary N) is 1. The number of para-hydroxylation sites is 1. The molecule has 2 aliphatic heterocycles. The smallest absolute Gasteiger partial charge is 0.256 e. The molecule has 7 nitrogen and oxygen atoms in total. The van der Waals surface area contributed by atoms with Gasteiger partial charge in [-0.25, -0.2) is 4.98 Å². The van der Waals surface area contributed by atoms with Crippen LogP contribution in [0.15, 0.2) is 29.1 Å². The maximum atomic E-state index is 12.7. The molecule has 0 unspecified atom stereocenters. The van der Waals surface area contributed by atoms with E-state index in [0.717, 1.165) is 30.8 Å². The molecule has 0 saturated carbocycles. The van der Waals surface area contributed by atoms with E-state index in [1.807, 2.05) is 34.1 Å². The first-order chi connectivity index (χ1) is 12.6. The van der Waals surface area contributed by atoms with Gasteiger partial charge in [-0.3, -0.25) is 14.6 Å². The van der Waals surface area contributed by atoms with Gasteiger partial charge in [0.15, 0.2) is 0 Å². The Morgan fingerprint density at radius 1 is 1.19 bits per heavy atom.